The van der Waals surface area contributed by atoms with Crippen LogP contribution in [0.4, 0.5) is 0 Å². The molecule has 0 aliphatic rings. The van der Waals surface area contributed by atoms with Crippen LogP contribution in [-0.2, 0) is 0 Å². The summed E-state index contributed by atoms with van der Waals surface area (Å²) in [4.78, 5) is 0. The van der Waals surface area contributed by atoms with E-state index in [1.54, 1.807) is 6.08 Å². The van der Waals surface area contributed by atoms with Crippen molar-refractivity contribution in [1.82, 2.24) is 5.32 Å². The Morgan fingerprint density at radius 1 is 1.10 bits per heavy atom. The molecule has 0 aromatic rings. The molecule has 0 saturated heterocycles. The number of hydrogen-bond donors (Lipinski definition) is 1. The minimum Gasteiger partial charge on any atom is -0.368 e. The summed E-state index contributed by atoms with van der Waals surface area (Å²) in [7, 11) is 0. The Morgan fingerprint density at radius 3 is 2.50 bits per heavy atom. The maximum atomic E-state index is 3.54. The van der Waals surface area contributed by atoms with E-state index in [-0.39, 0.29) is 0 Å². The fourth-order valence-corrected chi connectivity index (χ4v) is 0.406. The molecule has 0 aromatic heterocycles. The van der Waals surface area contributed by atoms with Crippen molar-refractivity contribution in [2.45, 2.75) is 6.92 Å². The summed E-state index contributed by atoms with van der Waals surface area (Å²) < 4.78 is 0. The molecule has 0 amide bonds. The van der Waals surface area contributed by atoms with Gasteiger partial charge in [0.25, 0.3) is 0 Å². The van der Waals surface area contributed by atoms with Gasteiger partial charge in [-0.3, -0.25) is 0 Å². The van der Waals surface area contributed by atoms with Crippen molar-refractivity contribution in [3.63, 3.8) is 0 Å². The Kier molecular flexibility index (Phi) is 6.80. The topological polar surface area (TPSA) is 12.0 Å². The van der Waals surface area contributed by atoms with Gasteiger partial charge in [-0.25, -0.2) is 0 Å². The minimum atomic E-state index is 1.74. The molecule has 0 atom stereocenters. The molecule has 0 rings (SSSR count). The largest absolute Gasteiger partial charge is 0.368 e. The monoisotopic (exact) mass is 135 g/mol. The van der Waals surface area contributed by atoms with Gasteiger partial charge in [-0.1, -0.05) is 30.9 Å². The second kappa shape index (κ2) is 7.76. The molecule has 54 valence electrons. The van der Waals surface area contributed by atoms with Crippen molar-refractivity contribution >= 4 is 0 Å². The standard InChI is InChI=1S/C9H13N/c1-3-5-6-7-9-10-8-4-2/h3-10H,1H2,2H3/b6-5-,8-4+,9-7+. The molecule has 0 bridgehead atoms. The summed E-state index contributed by atoms with van der Waals surface area (Å²) in [6.45, 7) is 5.50. The summed E-state index contributed by atoms with van der Waals surface area (Å²) in [5.41, 5.74) is 0. The van der Waals surface area contributed by atoms with Crippen molar-refractivity contribution in [2.24, 2.45) is 0 Å². The van der Waals surface area contributed by atoms with Crippen LogP contribution in [0.25, 0.3) is 0 Å². The van der Waals surface area contributed by atoms with Crippen LogP contribution in [-0.4, -0.2) is 0 Å². The van der Waals surface area contributed by atoms with Crippen molar-refractivity contribution in [1.29, 1.82) is 0 Å². The molecule has 1 N–H and O–H groups in total. The average Bonchev–Trinajstić information content (AvgIpc) is 1.97. The van der Waals surface area contributed by atoms with Gasteiger partial charge in [0.1, 0.15) is 0 Å². The Balaban J connectivity index is 3.37. The molecular formula is C9H13N. The normalized spacial score (nSPS) is 11.7. The summed E-state index contributed by atoms with van der Waals surface area (Å²) in [5, 5.41) is 2.95. The minimum absolute atomic E-state index is 1.74. The van der Waals surface area contributed by atoms with Gasteiger partial charge in [0, 0.05) is 6.20 Å². The van der Waals surface area contributed by atoms with E-state index in [0.29, 0.717) is 0 Å². The second-order valence-electron chi connectivity index (χ2n) is 1.65. The number of hydrogen-bond acceptors (Lipinski definition) is 1. The van der Waals surface area contributed by atoms with Crippen molar-refractivity contribution in [3.8, 4) is 0 Å². The van der Waals surface area contributed by atoms with Gasteiger partial charge >= 0.3 is 0 Å². The second-order valence-corrected chi connectivity index (χ2v) is 1.65. The van der Waals surface area contributed by atoms with E-state index in [9.17, 15) is 0 Å². The van der Waals surface area contributed by atoms with E-state index in [4.69, 9.17) is 0 Å². The van der Waals surface area contributed by atoms with Gasteiger partial charge in [-0.2, -0.15) is 0 Å². The first-order valence-corrected chi connectivity index (χ1v) is 3.23. The van der Waals surface area contributed by atoms with Crippen LogP contribution in [0.1, 0.15) is 6.92 Å². The molecule has 0 spiro atoms. The number of allylic oxidation sites excluding steroid dienone is 5. The molecule has 0 aliphatic carbocycles. The first-order valence-electron chi connectivity index (χ1n) is 3.23. The average molecular weight is 135 g/mol. The molecule has 0 unspecified atom stereocenters. The number of nitrogens with one attached hydrogen (secondary N) is 1. The zero-order chi connectivity index (χ0) is 7.66. The lowest BCUT2D eigenvalue weighted by Crippen LogP contribution is -1.88. The molecule has 1 nitrogen and oxygen atoms in total. The SMILES string of the molecule is C=C/C=C\C=C\N/C=C/C. The maximum absolute atomic E-state index is 3.54. The first-order chi connectivity index (χ1) is 4.91. The Morgan fingerprint density at radius 2 is 1.90 bits per heavy atom. The lowest BCUT2D eigenvalue weighted by molar-refractivity contribution is 1.19. The predicted molar refractivity (Wildman–Crippen MR) is 46.4 cm³/mol. The Bertz CT molecular complexity index is 152. The summed E-state index contributed by atoms with van der Waals surface area (Å²) in [6, 6.07) is 0. The fourth-order valence-electron chi connectivity index (χ4n) is 0.406. The van der Waals surface area contributed by atoms with Crippen molar-refractivity contribution in [3.05, 3.63) is 49.4 Å². The van der Waals surface area contributed by atoms with Gasteiger partial charge in [-0.15, -0.1) is 0 Å². The molecular weight excluding hydrogens is 122 g/mol. The summed E-state index contributed by atoms with van der Waals surface area (Å²) >= 11 is 0. The molecule has 0 aliphatic heterocycles. The zero-order valence-electron chi connectivity index (χ0n) is 6.25. The molecule has 0 radical (unpaired) electrons. The molecule has 0 aromatic carbocycles. The fraction of sp³-hybridized carbons (Fsp3) is 0.111. The summed E-state index contributed by atoms with van der Waals surface area (Å²) in [5.74, 6) is 0. The van der Waals surface area contributed by atoms with Gasteiger partial charge in [0.2, 0.25) is 0 Å². The lowest BCUT2D eigenvalue weighted by atomic mass is 10.5. The van der Waals surface area contributed by atoms with Gasteiger partial charge in [0.15, 0.2) is 0 Å². The third-order valence-corrected chi connectivity index (χ3v) is 0.814. The highest BCUT2D eigenvalue weighted by Crippen LogP contribution is 1.75. The van der Waals surface area contributed by atoms with Crippen LogP contribution in [0.5, 0.6) is 0 Å². The first kappa shape index (κ1) is 8.76. The van der Waals surface area contributed by atoms with Crippen LogP contribution < -0.4 is 5.32 Å². The molecule has 0 fully saturated rings. The van der Waals surface area contributed by atoms with Crippen LogP contribution in [0, 0.1) is 0 Å². The molecule has 0 heterocycles. The van der Waals surface area contributed by atoms with Gasteiger partial charge in [-0.05, 0) is 19.2 Å². The molecule has 0 saturated carbocycles. The Hall–Kier alpha value is -1.24. The van der Waals surface area contributed by atoms with E-state index in [1.807, 2.05) is 43.6 Å². The predicted octanol–water partition coefficient (Wildman–Crippen LogP) is 2.37. The third-order valence-electron chi connectivity index (χ3n) is 0.814. The summed E-state index contributed by atoms with van der Waals surface area (Å²) in [6.07, 6.45) is 13.1. The smallest absolute Gasteiger partial charge is 0.000429 e. The van der Waals surface area contributed by atoms with E-state index in [0.717, 1.165) is 0 Å². The highest BCUT2D eigenvalue weighted by molar-refractivity contribution is 5.08. The van der Waals surface area contributed by atoms with Crippen LogP contribution in [0.3, 0.4) is 0 Å². The van der Waals surface area contributed by atoms with Crippen molar-refractivity contribution in [2.75, 3.05) is 0 Å². The van der Waals surface area contributed by atoms with E-state index in [2.05, 4.69) is 11.9 Å². The van der Waals surface area contributed by atoms with E-state index < -0.39 is 0 Å². The highest BCUT2D eigenvalue weighted by atomic mass is 14.8. The molecule has 1 heteroatoms. The quantitative estimate of drug-likeness (QED) is 0.583. The van der Waals surface area contributed by atoms with Gasteiger partial charge < -0.3 is 5.32 Å². The maximum Gasteiger partial charge on any atom is 0.000429 e. The van der Waals surface area contributed by atoms with Crippen LogP contribution in [0.2, 0.25) is 0 Å². The van der Waals surface area contributed by atoms with E-state index >= 15 is 0 Å². The highest BCUT2D eigenvalue weighted by Gasteiger charge is 1.60. The Labute approximate surface area is 62.5 Å². The van der Waals surface area contributed by atoms with E-state index in [1.165, 1.54) is 0 Å². The zero-order valence-corrected chi connectivity index (χ0v) is 6.25. The number of rotatable bonds is 4. The van der Waals surface area contributed by atoms with Crippen LogP contribution in [0.15, 0.2) is 49.4 Å². The lowest BCUT2D eigenvalue weighted by Gasteiger charge is -1.83. The van der Waals surface area contributed by atoms with Gasteiger partial charge in [0.05, 0.1) is 0 Å². The third kappa shape index (κ3) is 6.76. The van der Waals surface area contributed by atoms with Crippen molar-refractivity contribution < 1.29 is 0 Å². The molecule has 10 heavy (non-hydrogen) atoms. The van der Waals surface area contributed by atoms with Crippen LogP contribution >= 0.6 is 0 Å².